The lowest BCUT2D eigenvalue weighted by Crippen LogP contribution is -2.28. The van der Waals surface area contributed by atoms with Gasteiger partial charge in [0, 0.05) is 0 Å². The van der Waals surface area contributed by atoms with Crippen molar-refractivity contribution in [3.05, 3.63) is 11.8 Å². The van der Waals surface area contributed by atoms with Gasteiger partial charge in [-0.3, -0.25) is 0 Å². The van der Waals surface area contributed by atoms with Crippen LogP contribution in [0.1, 0.15) is 32.6 Å². The molecule has 1 aliphatic heterocycles. The number of aliphatic hydroxyl groups is 1. The first-order valence-corrected chi connectivity index (χ1v) is 5.40. The summed E-state index contributed by atoms with van der Waals surface area (Å²) in [6.45, 7) is 2.10. The molecule has 90 valence electrons. The number of carbonyl (C=O) groups excluding carboxylic acids is 2. The first-order valence-electron chi connectivity index (χ1n) is 5.40. The van der Waals surface area contributed by atoms with E-state index in [-0.39, 0.29) is 5.57 Å². The van der Waals surface area contributed by atoms with Gasteiger partial charge in [-0.15, -0.1) is 0 Å². The number of hydrogen-bond acceptors (Lipinski definition) is 5. The molecule has 0 saturated carbocycles. The van der Waals surface area contributed by atoms with E-state index in [0.717, 1.165) is 12.8 Å². The van der Waals surface area contributed by atoms with Crippen LogP contribution in [0.25, 0.3) is 0 Å². The van der Waals surface area contributed by atoms with E-state index in [2.05, 4.69) is 0 Å². The molecule has 1 saturated heterocycles. The van der Waals surface area contributed by atoms with Crippen molar-refractivity contribution in [2.45, 2.75) is 38.7 Å². The molecule has 0 aliphatic carbocycles. The summed E-state index contributed by atoms with van der Waals surface area (Å²) < 4.78 is 9.85. The molecule has 0 bridgehead atoms. The Morgan fingerprint density at radius 2 is 2.38 bits per heavy atom. The van der Waals surface area contributed by atoms with E-state index < -0.39 is 18.0 Å². The molecule has 1 unspecified atom stereocenters. The van der Waals surface area contributed by atoms with Gasteiger partial charge in [0.05, 0.1) is 18.4 Å². The average Bonchev–Trinajstić information content (AvgIpc) is 2.46. The number of rotatable bonds is 3. The summed E-state index contributed by atoms with van der Waals surface area (Å²) in [6.07, 6.45) is 2.29. The standard InChI is InChI=1S/C11H16O5/c1-2-8(7-12)10(13)16-9-5-3-4-6-15-11(9)14/h7,9,12H,2-6H2,1H3/b8-7+. The molecule has 1 atom stereocenters. The zero-order valence-corrected chi connectivity index (χ0v) is 9.27. The Hall–Kier alpha value is -1.52. The number of cyclic esters (lactones) is 1. The highest BCUT2D eigenvalue weighted by atomic mass is 16.6. The van der Waals surface area contributed by atoms with E-state index in [1.54, 1.807) is 6.92 Å². The fourth-order valence-electron chi connectivity index (χ4n) is 1.42. The summed E-state index contributed by atoms with van der Waals surface area (Å²) in [5.41, 5.74) is 0.150. The third-order valence-corrected chi connectivity index (χ3v) is 2.42. The van der Waals surface area contributed by atoms with E-state index in [1.807, 2.05) is 0 Å². The fraction of sp³-hybridized carbons (Fsp3) is 0.636. The minimum atomic E-state index is -0.837. The van der Waals surface area contributed by atoms with Crippen LogP contribution in [0.2, 0.25) is 0 Å². The number of hydrogen-bond donors (Lipinski definition) is 1. The molecule has 1 N–H and O–H groups in total. The zero-order valence-electron chi connectivity index (χ0n) is 9.27. The Morgan fingerprint density at radius 3 is 3.00 bits per heavy atom. The average molecular weight is 228 g/mol. The molecule has 0 aromatic heterocycles. The molecule has 0 spiro atoms. The van der Waals surface area contributed by atoms with Gasteiger partial charge in [0.1, 0.15) is 0 Å². The lowest BCUT2D eigenvalue weighted by molar-refractivity contribution is -0.164. The molecular formula is C11H16O5. The minimum absolute atomic E-state index is 0.150. The molecule has 0 radical (unpaired) electrons. The van der Waals surface area contributed by atoms with Gasteiger partial charge in [0.2, 0.25) is 0 Å². The molecule has 1 aliphatic rings. The summed E-state index contributed by atoms with van der Waals surface area (Å²) in [5.74, 6) is -1.16. The van der Waals surface area contributed by atoms with Gasteiger partial charge >= 0.3 is 11.9 Å². The normalized spacial score (nSPS) is 22.2. The van der Waals surface area contributed by atoms with E-state index in [1.165, 1.54) is 0 Å². The van der Waals surface area contributed by atoms with Gasteiger partial charge in [0.25, 0.3) is 0 Å². The summed E-state index contributed by atoms with van der Waals surface area (Å²) in [6, 6.07) is 0. The highest BCUT2D eigenvalue weighted by Crippen LogP contribution is 2.14. The van der Waals surface area contributed by atoms with Gasteiger partial charge in [-0.05, 0) is 25.7 Å². The van der Waals surface area contributed by atoms with E-state index in [4.69, 9.17) is 14.6 Å². The van der Waals surface area contributed by atoms with Crippen molar-refractivity contribution in [1.29, 1.82) is 0 Å². The highest BCUT2D eigenvalue weighted by molar-refractivity contribution is 5.90. The number of carbonyl (C=O) groups is 2. The van der Waals surface area contributed by atoms with Gasteiger partial charge in [0.15, 0.2) is 6.10 Å². The third kappa shape index (κ3) is 3.25. The molecule has 1 rings (SSSR count). The topological polar surface area (TPSA) is 72.8 Å². The third-order valence-electron chi connectivity index (χ3n) is 2.42. The van der Waals surface area contributed by atoms with Crippen molar-refractivity contribution in [2.75, 3.05) is 6.61 Å². The molecule has 0 amide bonds. The molecule has 0 aromatic rings. The Labute approximate surface area is 94.0 Å². The fourth-order valence-corrected chi connectivity index (χ4v) is 1.42. The van der Waals surface area contributed by atoms with Crippen LogP contribution in [0, 0.1) is 0 Å². The van der Waals surface area contributed by atoms with E-state index >= 15 is 0 Å². The van der Waals surface area contributed by atoms with Crippen LogP contribution in [-0.4, -0.2) is 29.8 Å². The maximum Gasteiger partial charge on any atom is 0.347 e. The first-order chi connectivity index (χ1) is 7.69. The Balaban J connectivity index is 2.57. The summed E-state index contributed by atoms with van der Waals surface area (Å²) >= 11 is 0. The van der Waals surface area contributed by atoms with Gasteiger partial charge < -0.3 is 14.6 Å². The van der Waals surface area contributed by atoms with E-state index in [9.17, 15) is 9.59 Å². The number of ether oxygens (including phenoxy) is 2. The molecular weight excluding hydrogens is 212 g/mol. The van der Waals surface area contributed by atoms with Crippen molar-refractivity contribution >= 4 is 11.9 Å². The zero-order chi connectivity index (χ0) is 12.0. The van der Waals surface area contributed by atoms with Crippen LogP contribution in [0.5, 0.6) is 0 Å². The van der Waals surface area contributed by atoms with Crippen LogP contribution in [-0.2, 0) is 19.1 Å². The van der Waals surface area contributed by atoms with Crippen LogP contribution in [0.3, 0.4) is 0 Å². The second kappa shape index (κ2) is 6.15. The highest BCUT2D eigenvalue weighted by Gasteiger charge is 2.27. The van der Waals surface area contributed by atoms with Gasteiger partial charge in [-0.25, -0.2) is 9.59 Å². The second-order valence-electron chi connectivity index (χ2n) is 3.57. The van der Waals surface area contributed by atoms with Crippen LogP contribution >= 0.6 is 0 Å². The first kappa shape index (κ1) is 12.5. The molecule has 5 nitrogen and oxygen atoms in total. The quantitative estimate of drug-likeness (QED) is 0.450. The summed E-state index contributed by atoms with van der Waals surface area (Å²) in [5, 5.41) is 8.77. The Bertz CT molecular complexity index is 295. The number of aliphatic hydroxyl groups excluding tert-OH is 1. The maximum atomic E-state index is 11.5. The molecule has 5 heteroatoms. The van der Waals surface area contributed by atoms with Crippen LogP contribution in [0.4, 0.5) is 0 Å². The predicted octanol–water partition coefficient (Wildman–Crippen LogP) is 1.48. The molecule has 1 fully saturated rings. The summed E-state index contributed by atoms with van der Waals surface area (Å²) in [7, 11) is 0. The largest absolute Gasteiger partial charge is 0.515 e. The lowest BCUT2D eigenvalue weighted by atomic mass is 10.1. The minimum Gasteiger partial charge on any atom is -0.515 e. The second-order valence-corrected chi connectivity index (χ2v) is 3.57. The molecule has 1 heterocycles. The van der Waals surface area contributed by atoms with Crippen molar-refractivity contribution in [2.24, 2.45) is 0 Å². The molecule has 0 aromatic carbocycles. The number of esters is 2. The smallest absolute Gasteiger partial charge is 0.347 e. The van der Waals surface area contributed by atoms with Crippen molar-refractivity contribution in [1.82, 2.24) is 0 Å². The van der Waals surface area contributed by atoms with E-state index in [0.29, 0.717) is 25.7 Å². The maximum absolute atomic E-state index is 11.5. The van der Waals surface area contributed by atoms with Crippen LogP contribution < -0.4 is 0 Å². The summed E-state index contributed by atoms with van der Waals surface area (Å²) in [4.78, 5) is 22.8. The SMILES string of the molecule is CC/C(=C\O)C(=O)OC1CCCCOC1=O. The van der Waals surface area contributed by atoms with Crippen molar-refractivity contribution in [3.63, 3.8) is 0 Å². The van der Waals surface area contributed by atoms with Crippen molar-refractivity contribution in [3.8, 4) is 0 Å². The van der Waals surface area contributed by atoms with Crippen LogP contribution in [0.15, 0.2) is 11.8 Å². The van der Waals surface area contributed by atoms with Gasteiger partial charge in [-0.1, -0.05) is 6.92 Å². The van der Waals surface area contributed by atoms with Crippen molar-refractivity contribution < 1.29 is 24.2 Å². The van der Waals surface area contributed by atoms with Gasteiger partial charge in [-0.2, -0.15) is 0 Å². The lowest BCUT2D eigenvalue weighted by Gasteiger charge is -2.13. The Kier molecular flexibility index (Phi) is 4.82. The Morgan fingerprint density at radius 1 is 1.62 bits per heavy atom. The molecule has 16 heavy (non-hydrogen) atoms. The predicted molar refractivity (Wildman–Crippen MR) is 55.7 cm³/mol. The monoisotopic (exact) mass is 228 g/mol.